The Balaban J connectivity index is 2.47. The minimum absolute atomic E-state index is 0.0129. The lowest BCUT2D eigenvalue weighted by atomic mass is 10.0. The molecule has 5 nitrogen and oxygen atoms in total. The van der Waals surface area contributed by atoms with E-state index >= 15 is 0 Å². The summed E-state index contributed by atoms with van der Waals surface area (Å²) in [7, 11) is 0. The summed E-state index contributed by atoms with van der Waals surface area (Å²) in [4.78, 5) is 11.0. The molecule has 5 heteroatoms. The predicted octanol–water partition coefficient (Wildman–Crippen LogP) is 2.04. The van der Waals surface area contributed by atoms with Crippen molar-refractivity contribution in [3.63, 3.8) is 0 Å². The number of anilines is 2. The molecule has 0 aliphatic heterocycles. The molecule has 2 rings (SSSR count). The lowest BCUT2D eigenvalue weighted by molar-refractivity contribution is 0.0697. The Morgan fingerprint density at radius 2 is 2.00 bits per heavy atom. The summed E-state index contributed by atoms with van der Waals surface area (Å²) in [6.07, 6.45) is 0. The molecule has 0 amide bonds. The van der Waals surface area contributed by atoms with Crippen molar-refractivity contribution in [2.24, 2.45) is 0 Å². The Bertz CT molecular complexity index is 626. The first kappa shape index (κ1) is 13.9. The maximum atomic E-state index is 11.0. The van der Waals surface area contributed by atoms with Crippen LogP contribution >= 0.6 is 0 Å². The number of rotatable bonds is 5. The molecule has 5 N–H and O–H groups in total. The fourth-order valence-corrected chi connectivity index (χ4v) is 1.97. The molecule has 0 atom stereocenters. The Morgan fingerprint density at radius 3 is 2.70 bits per heavy atom. The molecule has 0 unspecified atom stereocenters. The number of nitrogen functional groups attached to an aromatic ring is 1. The summed E-state index contributed by atoms with van der Waals surface area (Å²) in [5.41, 5.74) is 8.98. The summed E-state index contributed by atoms with van der Waals surface area (Å²) >= 11 is 0. The topological polar surface area (TPSA) is 95.6 Å². The van der Waals surface area contributed by atoms with Crippen LogP contribution in [0.3, 0.4) is 0 Å². The van der Waals surface area contributed by atoms with E-state index in [9.17, 15) is 4.79 Å². The molecule has 0 heterocycles. The first-order chi connectivity index (χ1) is 9.61. The summed E-state index contributed by atoms with van der Waals surface area (Å²) in [5, 5.41) is 21.0. The van der Waals surface area contributed by atoms with E-state index in [2.05, 4.69) is 5.32 Å². The highest BCUT2D eigenvalue weighted by Gasteiger charge is 2.09. The van der Waals surface area contributed by atoms with Gasteiger partial charge in [-0.2, -0.15) is 0 Å². The van der Waals surface area contributed by atoms with E-state index in [1.807, 2.05) is 12.1 Å². The lowest BCUT2D eigenvalue weighted by Crippen LogP contribution is -2.07. The van der Waals surface area contributed by atoms with Crippen LogP contribution in [0.25, 0.3) is 11.1 Å². The van der Waals surface area contributed by atoms with Crippen LogP contribution in [-0.4, -0.2) is 29.3 Å². The van der Waals surface area contributed by atoms with Gasteiger partial charge in [0.15, 0.2) is 0 Å². The number of nitrogens with one attached hydrogen (secondary N) is 1. The van der Waals surface area contributed by atoms with Crippen LogP contribution in [0.4, 0.5) is 11.4 Å². The smallest absolute Gasteiger partial charge is 0.335 e. The summed E-state index contributed by atoms with van der Waals surface area (Å²) in [5.74, 6) is -0.972. The van der Waals surface area contributed by atoms with Gasteiger partial charge in [-0.15, -0.1) is 0 Å². The summed E-state index contributed by atoms with van der Waals surface area (Å²) in [6, 6.07) is 12.0. The number of carboxylic acids is 1. The van der Waals surface area contributed by atoms with E-state index in [0.29, 0.717) is 12.2 Å². The van der Waals surface area contributed by atoms with Gasteiger partial charge < -0.3 is 21.3 Å². The monoisotopic (exact) mass is 272 g/mol. The van der Waals surface area contributed by atoms with Gasteiger partial charge in [-0.25, -0.2) is 4.79 Å². The largest absolute Gasteiger partial charge is 0.478 e. The Hall–Kier alpha value is -2.53. The zero-order valence-corrected chi connectivity index (χ0v) is 10.8. The number of aliphatic hydroxyl groups excluding tert-OH is 1. The lowest BCUT2D eigenvalue weighted by Gasteiger charge is -2.13. The third-order valence-electron chi connectivity index (χ3n) is 2.89. The molecule has 0 bridgehead atoms. The standard InChI is InChI=1S/C15H16N2O3/c16-12-4-5-14(17-6-7-18)13(9-12)10-2-1-3-11(8-10)15(19)20/h1-5,8-9,17-18H,6-7,16H2,(H,19,20). The average molecular weight is 272 g/mol. The first-order valence-corrected chi connectivity index (χ1v) is 6.20. The van der Waals surface area contributed by atoms with E-state index in [0.717, 1.165) is 16.8 Å². The van der Waals surface area contributed by atoms with E-state index in [1.54, 1.807) is 30.3 Å². The average Bonchev–Trinajstić information content (AvgIpc) is 2.46. The molecule has 0 saturated heterocycles. The molecule has 0 fully saturated rings. The van der Waals surface area contributed by atoms with Crippen molar-refractivity contribution in [1.82, 2.24) is 0 Å². The third-order valence-corrected chi connectivity index (χ3v) is 2.89. The molecule has 104 valence electrons. The van der Waals surface area contributed by atoms with Gasteiger partial charge in [0.25, 0.3) is 0 Å². The highest BCUT2D eigenvalue weighted by atomic mass is 16.4. The number of carboxylic acid groups (broad SMARTS) is 1. The van der Waals surface area contributed by atoms with Gasteiger partial charge in [-0.05, 0) is 35.9 Å². The normalized spacial score (nSPS) is 10.2. The molecule has 0 aromatic heterocycles. The molecule has 0 saturated carbocycles. The van der Waals surface area contributed by atoms with Crippen LogP contribution in [-0.2, 0) is 0 Å². The van der Waals surface area contributed by atoms with Gasteiger partial charge in [0, 0.05) is 23.5 Å². The van der Waals surface area contributed by atoms with Crippen molar-refractivity contribution in [2.75, 3.05) is 24.2 Å². The Kier molecular flexibility index (Phi) is 4.22. The van der Waals surface area contributed by atoms with Gasteiger partial charge in [-0.1, -0.05) is 12.1 Å². The van der Waals surface area contributed by atoms with Gasteiger partial charge in [0.1, 0.15) is 0 Å². The van der Waals surface area contributed by atoms with Crippen LogP contribution in [0.2, 0.25) is 0 Å². The number of nitrogens with two attached hydrogens (primary N) is 1. The highest BCUT2D eigenvalue weighted by Crippen LogP contribution is 2.30. The minimum atomic E-state index is -0.972. The molecular weight excluding hydrogens is 256 g/mol. The van der Waals surface area contributed by atoms with E-state index in [4.69, 9.17) is 15.9 Å². The summed E-state index contributed by atoms with van der Waals surface area (Å²) < 4.78 is 0. The molecular formula is C15H16N2O3. The van der Waals surface area contributed by atoms with Crippen LogP contribution in [0.5, 0.6) is 0 Å². The zero-order valence-electron chi connectivity index (χ0n) is 10.8. The third kappa shape index (κ3) is 3.07. The van der Waals surface area contributed by atoms with Crippen LogP contribution in [0.15, 0.2) is 42.5 Å². The van der Waals surface area contributed by atoms with Crippen LogP contribution in [0.1, 0.15) is 10.4 Å². The van der Waals surface area contributed by atoms with Gasteiger partial charge in [-0.3, -0.25) is 0 Å². The second kappa shape index (κ2) is 6.08. The van der Waals surface area contributed by atoms with E-state index in [-0.39, 0.29) is 12.2 Å². The van der Waals surface area contributed by atoms with Crippen molar-refractivity contribution in [1.29, 1.82) is 0 Å². The van der Waals surface area contributed by atoms with Crippen LogP contribution < -0.4 is 11.1 Å². The second-order valence-electron chi connectivity index (χ2n) is 4.34. The second-order valence-corrected chi connectivity index (χ2v) is 4.34. The number of aromatic carboxylic acids is 1. The van der Waals surface area contributed by atoms with Crippen molar-refractivity contribution in [2.45, 2.75) is 0 Å². The number of carbonyl (C=O) groups is 1. The zero-order chi connectivity index (χ0) is 14.5. The highest BCUT2D eigenvalue weighted by molar-refractivity contribution is 5.91. The molecule has 2 aromatic carbocycles. The SMILES string of the molecule is Nc1ccc(NCCO)c(-c2cccc(C(=O)O)c2)c1. The Labute approximate surface area is 116 Å². The molecule has 2 aromatic rings. The Morgan fingerprint density at radius 1 is 1.20 bits per heavy atom. The van der Waals surface area contributed by atoms with Gasteiger partial charge >= 0.3 is 5.97 Å². The van der Waals surface area contributed by atoms with E-state index < -0.39 is 5.97 Å². The van der Waals surface area contributed by atoms with Crippen molar-refractivity contribution < 1.29 is 15.0 Å². The summed E-state index contributed by atoms with van der Waals surface area (Å²) in [6.45, 7) is 0.425. The fourth-order valence-electron chi connectivity index (χ4n) is 1.97. The van der Waals surface area contributed by atoms with Gasteiger partial charge in [0.05, 0.1) is 12.2 Å². The van der Waals surface area contributed by atoms with Crippen LogP contribution in [0, 0.1) is 0 Å². The minimum Gasteiger partial charge on any atom is -0.478 e. The van der Waals surface area contributed by atoms with Crippen molar-refractivity contribution >= 4 is 17.3 Å². The molecule has 0 aliphatic carbocycles. The predicted molar refractivity (Wildman–Crippen MR) is 78.8 cm³/mol. The molecule has 0 spiro atoms. The first-order valence-electron chi connectivity index (χ1n) is 6.20. The fraction of sp³-hybridized carbons (Fsp3) is 0.133. The van der Waals surface area contributed by atoms with E-state index in [1.165, 1.54) is 0 Å². The number of hydrogen-bond donors (Lipinski definition) is 4. The molecule has 0 aliphatic rings. The quantitative estimate of drug-likeness (QED) is 0.625. The van der Waals surface area contributed by atoms with Crippen molar-refractivity contribution in [3.8, 4) is 11.1 Å². The van der Waals surface area contributed by atoms with Crippen molar-refractivity contribution in [3.05, 3.63) is 48.0 Å². The number of aliphatic hydroxyl groups is 1. The number of hydrogen-bond acceptors (Lipinski definition) is 4. The van der Waals surface area contributed by atoms with Gasteiger partial charge in [0.2, 0.25) is 0 Å². The number of benzene rings is 2. The maximum absolute atomic E-state index is 11.0. The maximum Gasteiger partial charge on any atom is 0.335 e. The molecule has 0 radical (unpaired) electrons. The molecule has 20 heavy (non-hydrogen) atoms.